The molecule has 0 aliphatic rings. The van der Waals surface area contributed by atoms with E-state index in [1.54, 1.807) is 37.4 Å². The highest BCUT2D eigenvalue weighted by Gasteiger charge is 2.08. The van der Waals surface area contributed by atoms with Crippen molar-refractivity contribution in [3.8, 4) is 5.75 Å². The molecule has 20 heavy (non-hydrogen) atoms. The minimum Gasteiger partial charge on any atom is -0.497 e. The van der Waals surface area contributed by atoms with E-state index >= 15 is 0 Å². The molecule has 0 spiro atoms. The van der Waals surface area contributed by atoms with Gasteiger partial charge in [-0.05, 0) is 23.8 Å². The number of ketones is 1. The van der Waals surface area contributed by atoms with Gasteiger partial charge in [-0.15, -0.1) is 0 Å². The molecule has 0 fully saturated rings. The molecule has 0 saturated carbocycles. The molecule has 0 heterocycles. The molecule has 0 bridgehead atoms. The first-order valence-corrected chi connectivity index (χ1v) is 6.57. The maximum atomic E-state index is 12.0. The second-order valence-corrected chi connectivity index (χ2v) is 4.65. The van der Waals surface area contributed by atoms with E-state index in [1.807, 2.05) is 18.2 Å². The fourth-order valence-corrected chi connectivity index (χ4v) is 1.94. The molecule has 2 aromatic rings. The summed E-state index contributed by atoms with van der Waals surface area (Å²) >= 11 is 6.01. The van der Waals surface area contributed by atoms with Crippen LogP contribution in [0.3, 0.4) is 0 Å². The summed E-state index contributed by atoms with van der Waals surface area (Å²) < 4.78 is 10.5. The van der Waals surface area contributed by atoms with E-state index < -0.39 is 0 Å². The summed E-state index contributed by atoms with van der Waals surface area (Å²) in [5.41, 5.74) is 1.44. The van der Waals surface area contributed by atoms with E-state index in [2.05, 4.69) is 0 Å². The lowest BCUT2D eigenvalue weighted by atomic mass is 10.1. The van der Waals surface area contributed by atoms with Crippen LogP contribution in [0.15, 0.2) is 48.5 Å². The number of hydrogen-bond acceptors (Lipinski definition) is 3. The minimum absolute atomic E-state index is 0.0123. The molecule has 0 aliphatic carbocycles. The van der Waals surface area contributed by atoms with Crippen LogP contribution >= 0.6 is 11.6 Å². The van der Waals surface area contributed by atoms with E-state index in [1.165, 1.54) is 0 Å². The number of Topliss-reactive ketones (excluding diaryl/α,β-unsaturated/α-hetero) is 1. The Hall–Kier alpha value is -1.84. The Labute approximate surface area is 123 Å². The van der Waals surface area contributed by atoms with Crippen LogP contribution in [0.5, 0.6) is 5.75 Å². The van der Waals surface area contributed by atoms with Gasteiger partial charge >= 0.3 is 0 Å². The van der Waals surface area contributed by atoms with Gasteiger partial charge < -0.3 is 9.47 Å². The Morgan fingerprint density at radius 1 is 1.15 bits per heavy atom. The summed E-state index contributed by atoms with van der Waals surface area (Å²) in [6.07, 6.45) is 0. The van der Waals surface area contributed by atoms with Crippen LogP contribution in [0.25, 0.3) is 0 Å². The predicted octanol–water partition coefficient (Wildman–Crippen LogP) is 3.75. The molecule has 2 aromatic carbocycles. The van der Waals surface area contributed by atoms with Crippen molar-refractivity contribution in [3.05, 3.63) is 64.7 Å². The van der Waals surface area contributed by atoms with Gasteiger partial charge in [0.2, 0.25) is 0 Å². The van der Waals surface area contributed by atoms with Crippen LogP contribution in [0.4, 0.5) is 0 Å². The van der Waals surface area contributed by atoms with Gasteiger partial charge in [-0.25, -0.2) is 0 Å². The van der Waals surface area contributed by atoms with Gasteiger partial charge in [-0.2, -0.15) is 0 Å². The quantitative estimate of drug-likeness (QED) is 0.760. The molecule has 104 valence electrons. The highest BCUT2D eigenvalue weighted by molar-refractivity contribution is 6.31. The van der Waals surface area contributed by atoms with Crippen LogP contribution in [0.2, 0.25) is 5.02 Å². The van der Waals surface area contributed by atoms with Crippen molar-refractivity contribution in [1.82, 2.24) is 0 Å². The molecule has 0 radical (unpaired) electrons. The lowest BCUT2D eigenvalue weighted by Crippen LogP contribution is -2.09. The third-order valence-electron chi connectivity index (χ3n) is 2.84. The van der Waals surface area contributed by atoms with E-state index in [0.29, 0.717) is 22.9 Å². The lowest BCUT2D eigenvalue weighted by molar-refractivity contribution is 0.0726. The first-order valence-electron chi connectivity index (χ1n) is 6.19. The van der Waals surface area contributed by atoms with Crippen molar-refractivity contribution >= 4 is 17.4 Å². The van der Waals surface area contributed by atoms with Crippen LogP contribution in [0, 0.1) is 0 Å². The summed E-state index contributed by atoms with van der Waals surface area (Å²) in [4.78, 5) is 12.0. The Kier molecular flexibility index (Phi) is 5.16. The van der Waals surface area contributed by atoms with E-state index in [-0.39, 0.29) is 12.4 Å². The highest BCUT2D eigenvalue weighted by Crippen LogP contribution is 2.16. The number of methoxy groups -OCH3 is 1. The van der Waals surface area contributed by atoms with Crippen LogP contribution in [-0.2, 0) is 11.3 Å². The largest absolute Gasteiger partial charge is 0.497 e. The number of ether oxygens (including phenoxy) is 2. The molecule has 0 aromatic heterocycles. The fraction of sp³-hybridized carbons (Fsp3) is 0.188. The molecule has 0 saturated heterocycles. The van der Waals surface area contributed by atoms with Crippen molar-refractivity contribution in [3.63, 3.8) is 0 Å². The number of carbonyl (C=O) groups excluding carboxylic acids is 1. The van der Waals surface area contributed by atoms with Crippen molar-refractivity contribution in [2.45, 2.75) is 6.61 Å². The van der Waals surface area contributed by atoms with E-state index in [9.17, 15) is 4.79 Å². The van der Waals surface area contributed by atoms with Crippen molar-refractivity contribution < 1.29 is 14.3 Å². The molecular weight excluding hydrogens is 276 g/mol. The second kappa shape index (κ2) is 7.08. The zero-order valence-corrected chi connectivity index (χ0v) is 11.9. The number of rotatable bonds is 6. The molecule has 0 aliphatic heterocycles. The number of benzene rings is 2. The first-order chi connectivity index (χ1) is 9.70. The zero-order chi connectivity index (χ0) is 14.4. The first kappa shape index (κ1) is 14.6. The van der Waals surface area contributed by atoms with Crippen molar-refractivity contribution in [2.24, 2.45) is 0 Å². The summed E-state index contributed by atoms with van der Waals surface area (Å²) in [7, 11) is 1.57. The average Bonchev–Trinajstić information content (AvgIpc) is 2.49. The Balaban J connectivity index is 1.91. The van der Waals surface area contributed by atoms with Gasteiger partial charge in [0.15, 0.2) is 5.78 Å². The standard InChI is InChI=1S/C16H15ClO3/c1-19-14-7-4-6-12(9-14)16(18)11-20-10-13-5-2-3-8-15(13)17/h2-9H,10-11H2,1H3. The third kappa shape index (κ3) is 3.83. The van der Waals surface area contributed by atoms with Gasteiger partial charge in [-0.3, -0.25) is 4.79 Å². The van der Waals surface area contributed by atoms with Gasteiger partial charge in [0, 0.05) is 10.6 Å². The molecule has 3 nitrogen and oxygen atoms in total. The molecule has 0 unspecified atom stereocenters. The normalized spacial score (nSPS) is 10.3. The van der Waals surface area contributed by atoms with Crippen molar-refractivity contribution in [1.29, 1.82) is 0 Å². The number of halogens is 1. The van der Waals surface area contributed by atoms with Gasteiger partial charge in [0.1, 0.15) is 12.4 Å². The predicted molar refractivity (Wildman–Crippen MR) is 78.4 cm³/mol. The molecule has 2 rings (SSSR count). The number of carbonyl (C=O) groups is 1. The topological polar surface area (TPSA) is 35.5 Å². The minimum atomic E-state index is -0.0871. The van der Waals surface area contributed by atoms with Crippen molar-refractivity contribution in [2.75, 3.05) is 13.7 Å². The molecule has 0 amide bonds. The Bertz CT molecular complexity index is 596. The SMILES string of the molecule is COc1cccc(C(=O)COCc2ccccc2Cl)c1. The highest BCUT2D eigenvalue weighted by atomic mass is 35.5. The van der Waals surface area contributed by atoms with E-state index in [0.717, 1.165) is 5.56 Å². The summed E-state index contributed by atoms with van der Waals surface area (Å²) in [5.74, 6) is 0.568. The Morgan fingerprint density at radius 3 is 2.70 bits per heavy atom. The van der Waals surface area contributed by atoms with Crippen LogP contribution < -0.4 is 4.74 Å². The Morgan fingerprint density at radius 2 is 1.95 bits per heavy atom. The summed E-state index contributed by atoms with van der Waals surface area (Å²) in [6, 6.07) is 14.4. The molecule has 0 atom stereocenters. The molecular formula is C16H15ClO3. The molecule has 4 heteroatoms. The average molecular weight is 291 g/mol. The molecule has 0 N–H and O–H groups in total. The second-order valence-electron chi connectivity index (χ2n) is 4.24. The maximum Gasteiger partial charge on any atom is 0.188 e. The van der Waals surface area contributed by atoms with Gasteiger partial charge in [-0.1, -0.05) is 41.9 Å². The third-order valence-corrected chi connectivity index (χ3v) is 3.21. The van der Waals surface area contributed by atoms with Crippen LogP contribution in [0.1, 0.15) is 15.9 Å². The lowest BCUT2D eigenvalue weighted by Gasteiger charge is -2.06. The fourth-order valence-electron chi connectivity index (χ4n) is 1.75. The smallest absolute Gasteiger partial charge is 0.188 e. The zero-order valence-electron chi connectivity index (χ0n) is 11.1. The van der Waals surface area contributed by atoms with Gasteiger partial charge in [0.05, 0.1) is 13.7 Å². The van der Waals surface area contributed by atoms with Gasteiger partial charge in [0.25, 0.3) is 0 Å². The van der Waals surface area contributed by atoms with Crippen LogP contribution in [-0.4, -0.2) is 19.5 Å². The van der Waals surface area contributed by atoms with E-state index in [4.69, 9.17) is 21.1 Å². The maximum absolute atomic E-state index is 12.0. The number of hydrogen-bond donors (Lipinski definition) is 0. The summed E-state index contributed by atoms with van der Waals surface area (Å²) in [6.45, 7) is 0.327. The summed E-state index contributed by atoms with van der Waals surface area (Å²) in [5, 5.41) is 0.640. The monoisotopic (exact) mass is 290 g/mol.